The molecule has 0 bridgehead atoms. The summed E-state index contributed by atoms with van der Waals surface area (Å²) in [5.74, 6) is 1.89. The number of rotatable bonds is 8. The average molecular weight is 453 g/mol. The van der Waals surface area contributed by atoms with Gasteiger partial charge in [-0.3, -0.25) is 4.79 Å². The van der Waals surface area contributed by atoms with Gasteiger partial charge in [-0.1, -0.05) is 6.07 Å². The van der Waals surface area contributed by atoms with E-state index in [1.807, 2.05) is 11.0 Å². The van der Waals surface area contributed by atoms with E-state index >= 15 is 0 Å². The average Bonchev–Trinajstić information content (AvgIpc) is 3.24. The fourth-order valence-corrected chi connectivity index (χ4v) is 3.74. The highest BCUT2D eigenvalue weighted by Gasteiger charge is 2.31. The smallest absolute Gasteiger partial charge is 0.417 e. The summed E-state index contributed by atoms with van der Waals surface area (Å²) in [6, 6.07) is 5.88. The number of hydrogen-bond donors (Lipinski definition) is 1. The summed E-state index contributed by atoms with van der Waals surface area (Å²) in [7, 11) is 4.59. The third kappa shape index (κ3) is 5.35. The number of nitrogens with one attached hydrogen (secondary N) is 1. The van der Waals surface area contributed by atoms with Gasteiger partial charge in [0, 0.05) is 31.7 Å². The van der Waals surface area contributed by atoms with Crippen LogP contribution in [0.3, 0.4) is 0 Å². The van der Waals surface area contributed by atoms with Gasteiger partial charge in [-0.25, -0.2) is 4.98 Å². The van der Waals surface area contributed by atoms with Crippen molar-refractivity contribution >= 4 is 11.7 Å². The predicted octanol–water partition coefficient (Wildman–Crippen LogP) is 3.45. The lowest BCUT2D eigenvalue weighted by molar-refractivity contribution is -0.137. The molecule has 1 aliphatic heterocycles. The molecule has 174 valence electrons. The normalized spacial score (nSPS) is 16.1. The van der Waals surface area contributed by atoms with Crippen LogP contribution in [-0.2, 0) is 17.4 Å². The number of benzene rings is 1. The Bertz CT molecular complexity index is 935. The van der Waals surface area contributed by atoms with E-state index in [4.69, 9.17) is 14.2 Å². The highest BCUT2D eigenvalue weighted by atomic mass is 19.4. The van der Waals surface area contributed by atoms with Crippen molar-refractivity contribution in [2.24, 2.45) is 0 Å². The number of hydrogen-bond acceptors (Lipinski definition) is 6. The van der Waals surface area contributed by atoms with Crippen molar-refractivity contribution in [2.45, 2.75) is 31.5 Å². The van der Waals surface area contributed by atoms with Crippen LogP contribution in [0.1, 0.15) is 24.0 Å². The Balaban J connectivity index is 1.54. The minimum Gasteiger partial charge on any atom is -0.493 e. The first-order valence-electron chi connectivity index (χ1n) is 10.1. The third-order valence-corrected chi connectivity index (χ3v) is 5.36. The van der Waals surface area contributed by atoms with E-state index in [1.54, 1.807) is 6.07 Å². The lowest BCUT2D eigenvalue weighted by Crippen LogP contribution is -2.37. The van der Waals surface area contributed by atoms with Crippen molar-refractivity contribution < 1.29 is 32.2 Å². The van der Waals surface area contributed by atoms with Crippen LogP contribution >= 0.6 is 0 Å². The van der Waals surface area contributed by atoms with Crippen LogP contribution in [0.4, 0.5) is 19.0 Å². The molecular formula is C22H26F3N3O4. The number of aromatic nitrogens is 1. The number of nitrogens with zero attached hydrogens (tertiary/aromatic N) is 2. The van der Waals surface area contributed by atoms with Crippen molar-refractivity contribution in [1.29, 1.82) is 0 Å². The summed E-state index contributed by atoms with van der Waals surface area (Å²) in [5, 5.41) is 2.99. The second kappa shape index (κ2) is 9.97. The van der Waals surface area contributed by atoms with Crippen molar-refractivity contribution in [1.82, 2.24) is 10.3 Å². The van der Waals surface area contributed by atoms with E-state index in [0.717, 1.165) is 17.8 Å². The Morgan fingerprint density at radius 3 is 2.47 bits per heavy atom. The standard InChI is InChI=1S/C22H26F3N3O4/c1-30-17-7-4-14(20(31-2)21(17)32-3)5-9-19(29)27-16-10-11-28(13-16)18-8-6-15(12-26-18)22(23,24)25/h4,6-8,12,16H,5,9-11,13H2,1-3H3,(H,27,29). The molecular weight excluding hydrogens is 427 g/mol. The molecule has 1 amide bonds. The molecule has 0 aliphatic carbocycles. The molecule has 1 saturated heterocycles. The van der Waals surface area contributed by atoms with Gasteiger partial charge in [0.1, 0.15) is 5.82 Å². The highest BCUT2D eigenvalue weighted by Crippen LogP contribution is 2.40. The van der Waals surface area contributed by atoms with E-state index in [9.17, 15) is 18.0 Å². The minimum atomic E-state index is -4.41. The molecule has 32 heavy (non-hydrogen) atoms. The molecule has 0 spiro atoms. The van der Waals surface area contributed by atoms with Gasteiger partial charge in [-0.2, -0.15) is 13.2 Å². The van der Waals surface area contributed by atoms with Crippen molar-refractivity contribution in [2.75, 3.05) is 39.3 Å². The summed E-state index contributed by atoms with van der Waals surface area (Å²) in [5.41, 5.74) is 0.0400. The van der Waals surface area contributed by atoms with Gasteiger partial charge in [-0.05, 0) is 36.6 Å². The second-order valence-corrected chi connectivity index (χ2v) is 7.40. The van der Waals surface area contributed by atoms with Gasteiger partial charge in [0.25, 0.3) is 0 Å². The maximum atomic E-state index is 12.7. The minimum absolute atomic E-state index is 0.0982. The number of aryl methyl sites for hydroxylation is 1. The zero-order chi connectivity index (χ0) is 23.3. The van der Waals surface area contributed by atoms with Gasteiger partial charge in [0.05, 0.1) is 26.9 Å². The number of anilines is 1. The number of methoxy groups -OCH3 is 3. The Kier molecular flexibility index (Phi) is 7.32. The van der Waals surface area contributed by atoms with E-state index in [2.05, 4.69) is 10.3 Å². The number of carbonyl (C=O) groups is 1. The summed E-state index contributed by atoms with van der Waals surface area (Å²) in [4.78, 5) is 18.3. The molecule has 1 aromatic carbocycles. The Morgan fingerprint density at radius 2 is 1.88 bits per heavy atom. The van der Waals surface area contributed by atoms with Gasteiger partial charge in [0.2, 0.25) is 11.7 Å². The van der Waals surface area contributed by atoms with Gasteiger partial charge in [-0.15, -0.1) is 0 Å². The highest BCUT2D eigenvalue weighted by molar-refractivity contribution is 5.77. The van der Waals surface area contributed by atoms with Crippen molar-refractivity contribution in [3.05, 3.63) is 41.6 Å². The maximum Gasteiger partial charge on any atom is 0.417 e. The van der Waals surface area contributed by atoms with Crippen LogP contribution in [-0.4, -0.2) is 51.4 Å². The topological polar surface area (TPSA) is 72.9 Å². The predicted molar refractivity (Wildman–Crippen MR) is 112 cm³/mol. The van der Waals surface area contributed by atoms with E-state index in [1.165, 1.54) is 27.4 Å². The first-order chi connectivity index (χ1) is 15.3. The van der Waals surface area contributed by atoms with Crippen LogP contribution in [0.25, 0.3) is 0 Å². The number of pyridine rings is 1. The molecule has 1 atom stereocenters. The van der Waals surface area contributed by atoms with Gasteiger partial charge in [0.15, 0.2) is 11.5 Å². The SMILES string of the molecule is COc1ccc(CCC(=O)NC2CCN(c3ccc(C(F)(F)F)cn3)C2)c(OC)c1OC. The largest absolute Gasteiger partial charge is 0.493 e. The Morgan fingerprint density at radius 1 is 1.12 bits per heavy atom. The van der Waals surface area contributed by atoms with E-state index in [-0.39, 0.29) is 18.4 Å². The van der Waals surface area contributed by atoms with E-state index < -0.39 is 11.7 Å². The molecule has 1 aliphatic rings. The van der Waals surface area contributed by atoms with Crippen LogP contribution < -0.4 is 24.4 Å². The van der Waals surface area contributed by atoms with E-state index in [0.29, 0.717) is 49.0 Å². The molecule has 1 unspecified atom stereocenters. The molecule has 1 N–H and O–H groups in total. The lowest BCUT2D eigenvalue weighted by atomic mass is 10.1. The van der Waals surface area contributed by atoms with Gasteiger partial charge < -0.3 is 24.4 Å². The first-order valence-corrected chi connectivity index (χ1v) is 10.1. The first kappa shape index (κ1) is 23.5. The molecule has 3 rings (SSSR count). The second-order valence-electron chi connectivity index (χ2n) is 7.40. The number of alkyl halides is 3. The molecule has 2 aromatic rings. The number of carbonyl (C=O) groups excluding carboxylic acids is 1. The zero-order valence-corrected chi connectivity index (χ0v) is 18.2. The third-order valence-electron chi connectivity index (χ3n) is 5.36. The fraction of sp³-hybridized carbons (Fsp3) is 0.455. The van der Waals surface area contributed by atoms with Crippen LogP contribution in [0.2, 0.25) is 0 Å². The molecule has 1 aromatic heterocycles. The number of ether oxygens (including phenoxy) is 3. The fourth-order valence-electron chi connectivity index (χ4n) is 3.74. The Labute approximate surface area is 184 Å². The molecule has 0 radical (unpaired) electrons. The zero-order valence-electron chi connectivity index (χ0n) is 18.2. The number of amides is 1. The molecule has 0 saturated carbocycles. The Hall–Kier alpha value is -3.17. The summed E-state index contributed by atoms with van der Waals surface area (Å²) in [6.45, 7) is 1.09. The van der Waals surface area contributed by atoms with Crippen molar-refractivity contribution in [3.8, 4) is 17.2 Å². The molecule has 1 fully saturated rings. The summed E-state index contributed by atoms with van der Waals surface area (Å²) in [6.07, 6.45) is -2.19. The van der Waals surface area contributed by atoms with Crippen LogP contribution in [0.5, 0.6) is 17.2 Å². The summed E-state index contributed by atoms with van der Waals surface area (Å²) < 4.78 is 54.2. The van der Waals surface area contributed by atoms with Crippen LogP contribution in [0, 0.1) is 0 Å². The lowest BCUT2D eigenvalue weighted by Gasteiger charge is -2.19. The molecule has 10 heteroatoms. The quantitative estimate of drug-likeness (QED) is 0.660. The molecule has 7 nitrogen and oxygen atoms in total. The monoisotopic (exact) mass is 453 g/mol. The van der Waals surface area contributed by atoms with Gasteiger partial charge >= 0.3 is 6.18 Å². The maximum absolute atomic E-state index is 12.7. The van der Waals surface area contributed by atoms with Crippen LogP contribution in [0.15, 0.2) is 30.5 Å². The summed E-state index contributed by atoms with van der Waals surface area (Å²) >= 11 is 0. The molecule has 2 heterocycles. The van der Waals surface area contributed by atoms with Crippen molar-refractivity contribution in [3.63, 3.8) is 0 Å². The number of halogens is 3.